The molecule has 2 heterocycles. The molecule has 1 aromatic carbocycles. The number of aryl methyl sites for hydroxylation is 1. The predicted octanol–water partition coefficient (Wildman–Crippen LogP) is 3.55. The molecule has 3 rings (SSSR count). The second kappa shape index (κ2) is 11.8. The first kappa shape index (κ1) is 29.5. The number of imidazole rings is 1. The number of nitrogens with one attached hydrogen (secondary N) is 3. The van der Waals surface area contributed by atoms with Gasteiger partial charge in [-0.05, 0) is 32.0 Å². The number of alkyl halides is 3. The lowest BCUT2D eigenvalue weighted by atomic mass is 10.2. The van der Waals surface area contributed by atoms with E-state index in [1.54, 1.807) is 13.8 Å². The average Bonchev–Trinajstić information content (AvgIpc) is 3.19. The largest absolute Gasteiger partial charge is 0.416 e. The Morgan fingerprint density at radius 1 is 1.16 bits per heavy atom. The van der Waals surface area contributed by atoms with E-state index in [1.807, 2.05) is 0 Å². The molecular formula is C20H22F3N7O2S5. The molecule has 0 aliphatic heterocycles. The summed E-state index contributed by atoms with van der Waals surface area (Å²) in [5.41, 5.74) is -0.246. The molecule has 200 valence electrons. The number of thiol groups is 2. The van der Waals surface area contributed by atoms with Gasteiger partial charge in [-0.1, -0.05) is 24.4 Å². The monoisotopic (exact) mass is 609 g/mol. The summed E-state index contributed by atoms with van der Waals surface area (Å²) < 4.78 is 70.0. The van der Waals surface area contributed by atoms with Crippen LogP contribution in [0.1, 0.15) is 43.1 Å². The van der Waals surface area contributed by atoms with Crippen LogP contribution < -0.4 is 15.4 Å². The first-order chi connectivity index (χ1) is 17.2. The Morgan fingerprint density at radius 2 is 1.81 bits per heavy atom. The van der Waals surface area contributed by atoms with Gasteiger partial charge in [-0.3, -0.25) is 0 Å². The molecule has 3 N–H and O–H groups in total. The van der Waals surface area contributed by atoms with Crippen molar-refractivity contribution in [1.82, 2.24) is 34.9 Å². The highest BCUT2D eigenvalue weighted by atomic mass is 32.2. The Bertz CT molecular complexity index is 1410. The molecule has 0 unspecified atom stereocenters. The molecule has 0 saturated carbocycles. The third-order valence-electron chi connectivity index (χ3n) is 5.17. The second-order valence-electron chi connectivity index (χ2n) is 7.72. The Labute approximate surface area is 232 Å². The fourth-order valence-corrected chi connectivity index (χ4v) is 5.09. The molecule has 0 aliphatic carbocycles. The van der Waals surface area contributed by atoms with Crippen molar-refractivity contribution in [2.45, 2.75) is 43.5 Å². The van der Waals surface area contributed by atoms with Crippen molar-refractivity contribution < 1.29 is 21.6 Å². The smallest absolute Gasteiger partial charge is 0.369 e. The van der Waals surface area contributed by atoms with Gasteiger partial charge in [0.25, 0.3) is 0 Å². The van der Waals surface area contributed by atoms with Gasteiger partial charge in [-0.25, -0.2) is 28.1 Å². The summed E-state index contributed by atoms with van der Waals surface area (Å²) in [5.74, 6) is 0.493. The zero-order valence-electron chi connectivity index (χ0n) is 19.3. The van der Waals surface area contributed by atoms with Crippen LogP contribution in [0.3, 0.4) is 0 Å². The highest BCUT2D eigenvalue weighted by molar-refractivity contribution is 8.11. The lowest BCUT2D eigenvalue weighted by Crippen LogP contribution is -2.35. The number of hydrogen-bond acceptors (Lipinski definition) is 7. The number of sulfonamides is 1. The summed E-state index contributed by atoms with van der Waals surface area (Å²) >= 11 is 17.9. The maximum Gasteiger partial charge on any atom is 0.416 e. The van der Waals surface area contributed by atoms with Crippen LogP contribution in [0.15, 0.2) is 35.5 Å². The number of benzene rings is 1. The van der Waals surface area contributed by atoms with Crippen LogP contribution in [0.2, 0.25) is 0 Å². The summed E-state index contributed by atoms with van der Waals surface area (Å²) in [4.78, 5) is 12.4. The van der Waals surface area contributed by atoms with Crippen LogP contribution in [0.5, 0.6) is 0 Å². The number of fused-ring (bicyclic) bond motifs is 1. The minimum Gasteiger partial charge on any atom is -0.369 e. The fraction of sp³-hybridized carbons (Fsp3) is 0.350. The predicted molar refractivity (Wildman–Crippen MR) is 148 cm³/mol. The van der Waals surface area contributed by atoms with Crippen molar-refractivity contribution >= 4 is 79.4 Å². The molecule has 9 nitrogen and oxygen atoms in total. The topological polar surface area (TPSA) is 114 Å². The Kier molecular flexibility index (Phi) is 9.39. The van der Waals surface area contributed by atoms with Gasteiger partial charge in [0.05, 0.1) is 35.0 Å². The number of halogens is 3. The molecule has 0 aliphatic rings. The molecule has 37 heavy (non-hydrogen) atoms. The SMILES string of the molecule is CCn1c([C@@H](C)NS(=O)(=O)c2cnc([C@@H](CNC(=S)S)NC(=S)S)nc2)nc2ccc(C(F)(F)F)cc21. The maximum absolute atomic E-state index is 13.2. The number of hydrogen-bond donors (Lipinski definition) is 5. The van der Waals surface area contributed by atoms with E-state index < -0.39 is 33.8 Å². The molecule has 0 fully saturated rings. The summed E-state index contributed by atoms with van der Waals surface area (Å²) in [6.45, 7) is 3.77. The van der Waals surface area contributed by atoms with Crippen LogP contribution in [-0.4, -0.2) is 43.1 Å². The third-order valence-corrected chi connectivity index (χ3v) is 7.21. The zero-order chi connectivity index (χ0) is 27.5. The molecule has 2 aromatic heterocycles. The lowest BCUT2D eigenvalue weighted by Gasteiger charge is -2.18. The first-order valence-corrected chi connectivity index (χ1v) is 13.8. The van der Waals surface area contributed by atoms with Gasteiger partial charge in [0.2, 0.25) is 10.0 Å². The average molecular weight is 610 g/mol. The quantitative estimate of drug-likeness (QED) is 0.184. The van der Waals surface area contributed by atoms with E-state index in [9.17, 15) is 21.6 Å². The number of rotatable bonds is 9. The Balaban J connectivity index is 1.86. The van der Waals surface area contributed by atoms with Crippen molar-refractivity contribution in [3.05, 3.63) is 47.8 Å². The summed E-state index contributed by atoms with van der Waals surface area (Å²) in [5, 5.41) is 5.70. The van der Waals surface area contributed by atoms with Gasteiger partial charge < -0.3 is 15.2 Å². The standard InChI is InChI=1S/C20H22F3N7O2S5/c1-3-30-15-6-11(20(21,22)23)4-5-13(15)27-17(30)10(2)29-37(31,32)12-7-24-16(25-8-12)14(28-19(35)36)9-26-18(33)34/h4-8,10,14,29H,3,9H2,1-2H3,(H2,26,33,34)(H2,28,35,36)/t10-,14-/m1/s1. The molecule has 0 spiro atoms. The number of nitrogens with zero attached hydrogens (tertiary/aromatic N) is 4. The van der Waals surface area contributed by atoms with E-state index in [0.717, 1.165) is 24.5 Å². The summed E-state index contributed by atoms with van der Waals surface area (Å²) in [6, 6.07) is 1.76. The summed E-state index contributed by atoms with van der Waals surface area (Å²) in [6.07, 6.45) is -2.26. The van der Waals surface area contributed by atoms with E-state index in [-0.39, 0.29) is 43.8 Å². The lowest BCUT2D eigenvalue weighted by molar-refractivity contribution is -0.137. The number of thiocarbonyl (C=S) groups is 2. The van der Waals surface area contributed by atoms with Crippen molar-refractivity contribution in [1.29, 1.82) is 0 Å². The van der Waals surface area contributed by atoms with Crippen LogP contribution in [0, 0.1) is 0 Å². The summed E-state index contributed by atoms with van der Waals surface area (Å²) in [7, 11) is -4.11. The minimum atomic E-state index is -4.52. The van der Waals surface area contributed by atoms with Crippen LogP contribution in [0.25, 0.3) is 11.0 Å². The Morgan fingerprint density at radius 3 is 2.35 bits per heavy atom. The van der Waals surface area contributed by atoms with Crippen LogP contribution >= 0.6 is 49.7 Å². The molecular weight excluding hydrogens is 588 g/mol. The molecule has 2 atom stereocenters. The van der Waals surface area contributed by atoms with E-state index >= 15 is 0 Å². The van der Waals surface area contributed by atoms with Crippen LogP contribution in [0.4, 0.5) is 13.2 Å². The maximum atomic E-state index is 13.2. The van der Waals surface area contributed by atoms with Crippen LogP contribution in [-0.2, 0) is 22.7 Å². The van der Waals surface area contributed by atoms with Crippen molar-refractivity contribution in [3.8, 4) is 0 Å². The van der Waals surface area contributed by atoms with E-state index in [1.165, 1.54) is 10.6 Å². The molecule has 3 aromatic rings. The molecule has 17 heteroatoms. The normalized spacial score (nSPS) is 13.8. The second-order valence-corrected chi connectivity index (χ2v) is 11.8. The van der Waals surface area contributed by atoms with Crippen molar-refractivity contribution in [3.63, 3.8) is 0 Å². The van der Waals surface area contributed by atoms with Crippen molar-refractivity contribution in [2.24, 2.45) is 0 Å². The van der Waals surface area contributed by atoms with Gasteiger partial charge in [-0.15, -0.1) is 25.3 Å². The van der Waals surface area contributed by atoms with Gasteiger partial charge in [0.1, 0.15) is 25.4 Å². The fourth-order valence-electron chi connectivity index (χ4n) is 3.52. The molecule has 0 bridgehead atoms. The van der Waals surface area contributed by atoms with Gasteiger partial charge >= 0.3 is 6.18 Å². The van der Waals surface area contributed by atoms with Gasteiger partial charge in [-0.2, -0.15) is 13.2 Å². The molecule has 0 amide bonds. The van der Waals surface area contributed by atoms with Gasteiger partial charge in [0, 0.05) is 13.1 Å². The first-order valence-electron chi connectivity index (χ1n) is 10.6. The molecule has 0 saturated heterocycles. The van der Waals surface area contributed by atoms with E-state index in [4.69, 9.17) is 24.4 Å². The highest BCUT2D eigenvalue weighted by Gasteiger charge is 2.31. The van der Waals surface area contributed by atoms with Crippen molar-refractivity contribution in [2.75, 3.05) is 6.54 Å². The highest BCUT2D eigenvalue weighted by Crippen LogP contribution is 2.32. The molecule has 0 radical (unpaired) electrons. The van der Waals surface area contributed by atoms with E-state index in [0.29, 0.717) is 5.52 Å². The van der Waals surface area contributed by atoms with E-state index in [2.05, 4.69) is 55.6 Å². The van der Waals surface area contributed by atoms with Gasteiger partial charge in [0.15, 0.2) is 5.82 Å². The third kappa shape index (κ3) is 7.29. The zero-order valence-corrected chi connectivity index (χ0v) is 23.6. The number of aromatic nitrogens is 4. The Hall–Kier alpha value is -2.05. The minimum absolute atomic E-state index is 0.175.